The third kappa shape index (κ3) is 6.94. The molecule has 2 atom stereocenters. The predicted octanol–water partition coefficient (Wildman–Crippen LogP) is 7.37. The number of aromatic nitrogens is 2. The molecule has 5 rings (SSSR count). The van der Waals surface area contributed by atoms with Gasteiger partial charge in [0.15, 0.2) is 5.78 Å². The minimum atomic E-state index is -0.269. The number of likely N-dealkylation sites (tertiary alicyclic amines) is 2. The third-order valence-electron chi connectivity index (χ3n) is 9.22. The number of Topliss-reactive ketones (excluding diaryl/α,β-unsaturated/α-hetero) is 1. The standard InChI is InChI=1S/C34H48N4O2S/c1-5-27(6-2)38-31-13-12-25(20-30(31)35-33(38)22-29-11-10-18-41-29)32(39)21-26(19-24(3)4)34(40)37-17-14-28(23-37)36-15-8-7-9-16-36/h10-13,18,20,24,26-28H,5-9,14-17,19,21-23H2,1-4H3/t26-,28?/m1/s1. The Kier molecular flexibility index (Phi) is 9.97. The Morgan fingerprint density at radius 3 is 2.51 bits per heavy atom. The summed E-state index contributed by atoms with van der Waals surface area (Å²) in [4.78, 5) is 38.5. The average molecular weight is 577 g/mol. The van der Waals surface area contributed by atoms with Crippen molar-refractivity contribution in [1.82, 2.24) is 19.4 Å². The number of benzene rings is 1. The molecule has 1 unspecified atom stereocenters. The third-order valence-corrected chi connectivity index (χ3v) is 10.1. The Labute approximate surface area is 250 Å². The van der Waals surface area contributed by atoms with E-state index in [0.717, 1.165) is 75.1 Å². The molecule has 2 saturated heterocycles. The molecule has 0 N–H and O–H groups in total. The van der Waals surface area contributed by atoms with Gasteiger partial charge in [-0.15, -0.1) is 11.3 Å². The molecule has 0 radical (unpaired) electrons. The van der Waals surface area contributed by atoms with Crippen LogP contribution in [0.25, 0.3) is 11.0 Å². The van der Waals surface area contributed by atoms with Crippen molar-refractivity contribution < 1.29 is 9.59 Å². The molecular weight excluding hydrogens is 528 g/mol. The van der Waals surface area contributed by atoms with Crippen LogP contribution in [0, 0.1) is 11.8 Å². The van der Waals surface area contributed by atoms with Crippen LogP contribution in [0.4, 0.5) is 0 Å². The Hall–Kier alpha value is -2.51. The van der Waals surface area contributed by atoms with Crippen LogP contribution >= 0.6 is 11.3 Å². The van der Waals surface area contributed by atoms with E-state index in [2.05, 4.69) is 65.6 Å². The zero-order valence-electron chi connectivity index (χ0n) is 25.5. The fraction of sp³-hybridized carbons (Fsp3) is 0.618. The largest absolute Gasteiger partial charge is 0.341 e. The molecule has 222 valence electrons. The summed E-state index contributed by atoms with van der Waals surface area (Å²) in [6.07, 6.45) is 8.79. The van der Waals surface area contributed by atoms with Gasteiger partial charge in [0, 0.05) is 54.4 Å². The number of nitrogens with zero attached hydrogens (tertiary/aromatic N) is 4. The van der Waals surface area contributed by atoms with Crippen LogP contribution in [0.1, 0.15) is 106 Å². The number of rotatable bonds is 12. The highest BCUT2D eigenvalue weighted by molar-refractivity contribution is 7.09. The van der Waals surface area contributed by atoms with Gasteiger partial charge >= 0.3 is 0 Å². The van der Waals surface area contributed by atoms with Crippen molar-refractivity contribution in [3.63, 3.8) is 0 Å². The number of fused-ring (bicyclic) bond motifs is 1. The van der Waals surface area contributed by atoms with Gasteiger partial charge in [-0.1, -0.05) is 40.2 Å². The van der Waals surface area contributed by atoms with Crippen molar-refractivity contribution in [3.05, 3.63) is 52.0 Å². The van der Waals surface area contributed by atoms with Gasteiger partial charge in [-0.2, -0.15) is 0 Å². The lowest BCUT2D eigenvalue weighted by atomic mass is 9.89. The maximum absolute atomic E-state index is 13.8. The first-order chi connectivity index (χ1) is 19.9. The van der Waals surface area contributed by atoms with Gasteiger partial charge in [0.1, 0.15) is 5.82 Å². The summed E-state index contributed by atoms with van der Waals surface area (Å²) in [5, 5.41) is 2.11. The number of carbonyl (C=O) groups excluding carboxylic acids is 2. The fourth-order valence-electron chi connectivity index (χ4n) is 7.04. The Balaban J connectivity index is 1.34. The lowest BCUT2D eigenvalue weighted by molar-refractivity contribution is -0.135. The van der Waals surface area contributed by atoms with Crippen LogP contribution in [0.5, 0.6) is 0 Å². The molecule has 41 heavy (non-hydrogen) atoms. The molecule has 1 aromatic carbocycles. The smallest absolute Gasteiger partial charge is 0.226 e. The van der Waals surface area contributed by atoms with Gasteiger partial charge < -0.3 is 9.47 Å². The quantitative estimate of drug-likeness (QED) is 0.211. The first-order valence-electron chi connectivity index (χ1n) is 16.0. The highest BCUT2D eigenvalue weighted by atomic mass is 32.1. The number of ketones is 1. The summed E-state index contributed by atoms with van der Waals surface area (Å²) in [5.41, 5.74) is 2.64. The summed E-state index contributed by atoms with van der Waals surface area (Å²) in [6, 6.07) is 11.1. The number of hydrogen-bond donors (Lipinski definition) is 0. The van der Waals surface area contributed by atoms with Crippen LogP contribution in [0.15, 0.2) is 35.7 Å². The number of thiophene rings is 1. The molecule has 1 amide bonds. The zero-order chi connectivity index (χ0) is 28.9. The van der Waals surface area contributed by atoms with Crippen LogP contribution in [0.3, 0.4) is 0 Å². The topological polar surface area (TPSA) is 58.4 Å². The summed E-state index contributed by atoms with van der Waals surface area (Å²) >= 11 is 1.76. The molecule has 3 aromatic rings. The minimum absolute atomic E-state index is 0.0505. The second-order valence-electron chi connectivity index (χ2n) is 12.6. The van der Waals surface area contributed by atoms with E-state index in [0.29, 0.717) is 23.6 Å². The molecule has 2 aliphatic heterocycles. The first kappa shape index (κ1) is 30.0. The molecule has 0 aliphatic carbocycles. The van der Waals surface area contributed by atoms with E-state index in [9.17, 15) is 9.59 Å². The lowest BCUT2D eigenvalue weighted by Gasteiger charge is -2.32. The van der Waals surface area contributed by atoms with Gasteiger partial charge in [0.2, 0.25) is 5.91 Å². The van der Waals surface area contributed by atoms with Gasteiger partial charge in [-0.25, -0.2) is 4.98 Å². The number of imidazole rings is 1. The van der Waals surface area contributed by atoms with E-state index in [-0.39, 0.29) is 24.0 Å². The second-order valence-corrected chi connectivity index (χ2v) is 13.6. The van der Waals surface area contributed by atoms with E-state index >= 15 is 0 Å². The normalized spacial score (nSPS) is 19.1. The summed E-state index contributed by atoms with van der Waals surface area (Å²) < 4.78 is 2.39. The van der Waals surface area contributed by atoms with Crippen LogP contribution in [0.2, 0.25) is 0 Å². The molecule has 4 heterocycles. The maximum atomic E-state index is 13.8. The first-order valence-corrected chi connectivity index (χ1v) is 16.8. The maximum Gasteiger partial charge on any atom is 0.226 e. The number of piperidine rings is 1. The SMILES string of the molecule is CCC(CC)n1c(Cc2cccs2)nc2cc(C(=O)C[C@@H](CC(C)C)C(=O)N3CCC(N4CCCCC4)C3)ccc21. The van der Waals surface area contributed by atoms with Crippen molar-refractivity contribution in [2.75, 3.05) is 26.2 Å². The van der Waals surface area contributed by atoms with E-state index in [1.54, 1.807) is 11.3 Å². The zero-order valence-corrected chi connectivity index (χ0v) is 26.3. The second kappa shape index (κ2) is 13.6. The van der Waals surface area contributed by atoms with E-state index < -0.39 is 0 Å². The number of hydrogen-bond acceptors (Lipinski definition) is 5. The van der Waals surface area contributed by atoms with Crippen LogP contribution in [-0.4, -0.2) is 63.3 Å². The van der Waals surface area contributed by atoms with Crippen molar-refractivity contribution in [3.8, 4) is 0 Å². The molecule has 0 spiro atoms. The Morgan fingerprint density at radius 2 is 1.83 bits per heavy atom. The van der Waals surface area contributed by atoms with E-state index in [4.69, 9.17) is 4.98 Å². The molecule has 2 aromatic heterocycles. The molecule has 6 nitrogen and oxygen atoms in total. The van der Waals surface area contributed by atoms with Gasteiger partial charge in [-0.05, 0) is 87.2 Å². The molecular formula is C34H48N4O2S. The number of carbonyl (C=O) groups is 2. The molecule has 2 fully saturated rings. The molecule has 2 aliphatic rings. The summed E-state index contributed by atoms with van der Waals surface area (Å²) in [6.45, 7) is 12.7. The Morgan fingerprint density at radius 1 is 1.05 bits per heavy atom. The lowest BCUT2D eigenvalue weighted by Crippen LogP contribution is -2.43. The van der Waals surface area contributed by atoms with Crippen molar-refractivity contribution >= 4 is 34.1 Å². The molecule has 0 bridgehead atoms. The van der Waals surface area contributed by atoms with Crippen LogP contribution < -0.4 is 0 Å². The number of amides is 1. The van der Waals surface area contributed by atoms with E-state index in [1.807, 2.05) is 12.1 Å². The Bertz CT molecular complexity index is 1300. The molecule has 7 heteroatoms. The van der Waals surface area contributed by atoms with Gasteiger partial charge in [0.25, 0.3) is 0 Å². The average Bonchev–Trinajstić information content (AvgIpc) is 3.74. The van der Waals surface area contributed by atoms with Gasteiger partial charge in [-0.3, -0.25) is 14.5 Å². The van der Waals surface area contributed by atoms with Crippen molar-refractivity contribution in [2.24, 2.45) is 11.8 Å². The molecule has 0 saturated carbocycles. The van der Waals surface area contributed by atoms with E-state index in [1.165, 1.54) is 24.1 Å². The van der Waals surface area contributed by atoms with Gasteiger partial charge in [0.05, 0.1) is 11.0 Å². The highest BCUT2D eigenvalue weighted by Gasteiger charge is 2.35. The van der Waals surface area contributed by atoms with Crippen molar-refractivity contribution in [1.29, 1.82) is 0 Å². The monoisotopic (exact) mass is 576 g/mol. The minimum Gasteiger partial charge on any atom is -0.341 e. The summed E-state index contributed by atoms with van der Waals surface area (Å²) in [5.74, 6) is 1.37. The van der Waals surface area contributed by atoms with Crippen molar-refractivity contribution in [2.45, 2.75) is 97.6 Å². The predicted molar refractivity (Wildman–Crippen MR) is 169 cm³/mol. The highest BCUT2D eigenvalue weighted by Crippen LogP contribution is 2.30. The summed E-state index contributed by atoms with van der Waals surface area (Å²) in [7, 11) is 0. The van der Waals surface area contributed by atoms with Crippen LogP contribution in [-0.2, 0) is 11.2 Å². The fourth-order valence-corrected chi connectivity index (χ4v) is 7.74.